The minimum Gasteiger partial charge on any atom is -0.445 e. The molecule has 1 aromatic carbocycles. The number of anilines is 1. The Balaban J connectivity index is 1.29. The van der Waals surface area contributed by atoms with E-state index in [9.17, 15) is 32.4 Å². The van der Waals surface area contributed by atoms with Crippen LogP contribution in [0, 0.1) is 11.8 Å². The Morgan fingerprint density at radius 1 is 1.16 bits per heavy atom. The maximum atomic E-state index is 14.7. The van der Waals surface area contributed by atoms with E-state index in [1.54, 1.807) is 37.5 Å². The number of nitrogens with zero attached hydrogens (tertiary/aromatic N) is 4. The quantitative estimate of drug-likeness (QED) is 0.286. The van der Waals surface area contributed by atoms with Crippen LogP contribution in [0.4, 0.5) is 10.5 Å². The lowest BCUT2D eigenvalue weighted by molar-refractivity contribution is -0.141. The summed E-state index contributed by atoms with van der Waals surface area (Å²) >= 11 is 1.56. The first-order chi connectivity index (χ1) is 26.2. The zero-order valence-electron chi connectivity index (χ0n) is 30.9. The number of alkyl carbamates (subject to hydrolysis) is 1. The number of carbonyl (C=O) groups is 4. The van der Waals surface area contributed by atoms with Crippen LogP contribution in [0.5, 0.6) is 0 Å². The van der Waals surface area contributed by atoms with E-state index in [0.717, 1.165) is 10.1 Å². The average Bonchev–Trinajstić information content (AvgIpc) is 4.03. The number of hydrogen-bond donors (Lipinski definition) is 3. The Labute approximate surface area is 322 Å². The molecule has 15 nitrogen and oxygen atoms in total. The third-order valence-electron chi connectivity index (χ3n) is 10.9. The zero-order chi connectivity index (χ0) is 39.2. The van der Waals surface area contributed by atoms with Crippen molar-refractivity contribution in [2.75, 3.05) is 31.6 Å². The molecule has 55 heavy (non-hydrogen) atoms. The molecule has 4 bridgehead atoms. The molecule has 4 amide bonds. The smallest absolute Gasteiger partial charge is 0.408 e. The van der Waals surface area contributed by atoms with E-state index in [-0.39, 0.29) is 26.0 Å². The van der Waals surface area contributed by atoms with Gasteiger partial charge in [-0.25, -0.2) is 17.9 Å². The zero-order valence-corrected chi connectivity index (χ0v) is 32.5. The van der Waals surface area contributed by atoms with Crippen molar-refractivity contribution in [1.29, 1.82) is 0 Å². The predicted molar refractivity (Wildman–Crippen MR) is 208 cm³/mol. The van der Waals surface area contributed by atoms with Gasteiger partial charge < -0.3 is 25.2 Å². The molecule has 3 aliphatic heterocycles. The van der Waals surface area contributed by atoms with Gasteiger partial charge in [-0.2, -0.15) is 5.10 Å². The van der Waals surface area contributed by atoms with Crippen LogP contribution in [-0.2, 0) is 29.1 Å². The summed E-state index contributed by atoms with van der Waals surface area (Å²) in [7, 11) is -2.06. The average molecular weight is 792 g/mol. The second kappa shape index (κ2) is 14.9. The molecule has 5 heterocycles. The van der Waals surface area contributed by atoms with Gasteiger partial charge in [0, 0.05) is 37.2 Å². The van der Waals surface area contributed by atoms with E-state index >= 15 is 0 Å². The van der Waals surface area contributed by atoms with Gasteiger partial charge in [-0.05, 0) is 60.1 Å². The first-order valence-corrected chi connectivity index (χ1v) is 20.9. The van der Waals surface area contributed by atoms with Crippen LogP contribution in [0.15, 0.2) is 65.4 Å². The van der Waals surface area contributed by atoms with Crippen molar-refractivity contribution in [3.05, 3.63) is 71.0 Å². The van der Waals surface area contributed by atoms with Gasteiger partial charge in [-0.15, -0.1) is 17.9 Å². The molecule has 2 saturated carbocycles. The Morgan fingerprint density at radius 2 is 1.95 bits per heavy atom. The fraction of sp³-hybridized carbons (Fsp3) is 0.474. The lowest BCUT2D eigenvalue weighted by Gasteiger charge is -2.31. The fourth-order valence-electron chi connectivity index (χ4n) is 7.45. The molecular weight excluding hydrogens is 747 g/mol. The van der Waals surface area contributed by atoms with Crippen LogP contribution >= 0.6 is 11.3 Å². The SMILES string of the molecule is C=CC1CC1(NC(=O)[C@@H]1C[C@@H]2CN1C(=O)[C@H](C(C)C)NC(=O)OC/C=C/CCN(C)c1cnn2c(=O)c1-c1ccc2ccsc2c1)C(=O)NS(=O)(=O)C1CC1. The number of benzene rings is 1. The lowest BCUT2D eigenvalue weighted by atomic mass is 10.0. The number of carbonyl (C=O) groups excluding carboxylic acids is 4. The monoisotopic (exact) mass is 791 g/mol. The molecule has 5 aliphatic rings. The van der Waals surface area contributed by atoms with E-state index in [1.165, 1.54) is 15.7 Å². The summed E-state index contributed by atoms with van der Waals surface area (Å²) in [6, 6.07) is 4.72. The normalized spacial score (nSPS) is 26.5. The molecule has 5 atom stereocenters. The first kappa shape index (κ1) is 38.3. The molecule has 8 rings (SSSR count). The Kier molecular flexibility index (Phi) is 10.4. The van der Waals surface area contributed by atoms with Crippen molar-refractivity contribution in [2.45, 2.75) is 74.9 Å². The topological polar surface area (TPSA) is 189 Å². The molecule has 0 radical (unpaired) electrons. The van der Waals surface area contributed by atoms with E-state index in [1.807, 2.05) is 47.7 Å². The van der Waals surface area contributed by atoms with Crippen molar-refractivity contribution >= 4 is 60.9 Å². The van der Waals surface area contributed by atoms with Crippen LogP contribution in [-0.4, -0.2) is 96.5 Å². The van der Waals surface area contributed by atoms with E-state index in [0.29, 0.717) is 42.6 Å². The summed E-state index contributed by atoms with van der Waals surface area (Å²) < 4.78 is 35.3. The van der Waals surface area contributed by atoms with Gasteiger partial charge in [0.2, 0.25) is 21.8 Å². The number of hydrogen-bond acceptors (Lipinski definition) is 11. The highest BCUT2D eigenvalue weighted by Gasteiger charge is 2.62. The number of amides is 4. The minimum atomic E-state index is -3.93. The Bertz CT molecular complexity index is 2250. The number of ether oxygens (including phenoxy) is 1. The van der Waals surface area contributed by atoms with Gasteiger partial charge in [-0.3, -0.25) is 23.9 Å². The van der Waals surface area contributed by atoms with Crippen LogP contribution in [0.25, 0.3) is 21.2 Å². The molecule has 0 spiro atoms. The summed E-state index contributed by atoms with van der Waals surface area (Å²) in [6.07, 6.45) is 7.38. The summed E-state index contributed by atoms with van der Waals surface area (Å²) in [5, 5.41) is 12.4. The Morgan fingerprint density at radius 3 is 2.65 bits per heavy atom. The number of aromatic nitrogens is 2. The van der Waals surface area contributed by atoms with Gasteiger partial charge in [0.1, 0.15) is 24.2 Å². The highest BCUT2D eigenvalue weighted by molar-refractivity contribution is 7.91. The number of fused-ring (bicyclic) bond motifs is 12. The number of sulfonamides is 1. The number of rotatable bonds is 8. The van der Waals surface area contributed by atoms with E-state index in [4.69, 9.17) is 4.74 Å². The second-order valence-corrected chi connectivity index (χ2v) is 18.0. The van der Waals surface area contributed by atoms with Crippen LogP contribution < -0.4 is 25.8 Å². The van der Waals surface area contributed by atoms with Gasteiger partial charge in [-0.1, -0.05) is 44.2 Å². The van der Waals surface area contributed by atoms with Crippen molar-refractivity contribution < 1.29 is 32.3 Å². The first-order valence-electron chi connectivity index (χ1n) is 18.4. The maximum Gasteiger partial charge on any atom is 0.408 e. The third-order valence-corrected chi connectivity index (χ3v) is 13.6. The molecular formula is C38H45N7O8S2. The molecule has 292 valence electrons. The maximum absolute atomic E-state index is 14.7. The van der Waals surface area contributed by atoms with E-state index < -0.39 is 80.1 Å². The standard InChI is InChI=1S/C38H45N7O8S2/c1-5-25-19-38(25,36(49)42-55(51,52)27-11-12-27)41-33(46)28-18-26-21-44(28)35(48)32(22(2)3)40-37(50)53-15-8-6-7-14-43(4)29-20-39-45(26)34(47)31(29)24-10-9-23-13-16-54-30(23)17-24/h5-6,8-10,13,16-17,20,22,25-28,32H,1,7,11-12,14-15,18-19,21H2,2-4H3,(H,40,50)(H,41,46)(H,42,49)/b8-6+/t25?,26-,28+,32+,38?/m1/s1. The lowest BCUT2D eigenvalue weighted by Crippen LogP contribution is -2.59. The van der Waals surface area contributed by atoms with Crippen molar-refractivity contribution in [3.8, 4) is 11.1 Å². The fourth-order valence-corrected chi connectivity index (χ4v) is 9.64. The summed E-state index contributed by atoms with van der Waals surface area (Å²) in [4.78, 5) is 73.2. The summed E-state index contributed by atoms with van der Waals surface area (Å²) in [5.41, 5.74) is -0.300. The van der Waals surface area contributed by atoms with Crippen molar-refractivity contribution in [1.82, 2.24) is 30.0 Å². The number of thiophene rings is 1. The van der Waals surface area contributed by atoms with Crippen LogP contribution in [0.2, 0.25) is 0 Å². The minimum absolute atomic E-state index is 0.0415. The summed E-state index contributed by atoms with van der Waals surface area (Å²) in [5.74, 6) is -3.17. The molecule has 2 aromatic heterocycles. The van der Waals surface area contributed by atoms with Gasteiger partial charge in [0.05, 0.1) is 28.7 Å². The van der Waals surface area contributed by atoms with Gasteiger partial charge in [0.25, 0.3) is 11.5 Å². The largest absolute Gasteiger partial charge is 0.445 e. The highest BCUT2D eigenvalue weighted by Crippen LogP contribution is 2.46. The molecule has 3 aromatic rings. The van der Waals surface area contributed by atoms with Crippen molar-refractivity contribution in [3.63, 3.8) is 0 Å². The molecule has 17 heteroatoms. The van der Waals surface area contributed by atoms with Crippen molar-refractivity contribution in [2.24, 2.45) is 11.8 Å². The third kappa shape index (κ3) is 7.51. The summed E-state index contributed by atoms with van der Waals surface area (Å²) in [6.45, 7) is 7.62. The molecule has 2 aliphatic carbocycles. The van der Waals surface area contributed by atoms with Gasteiger partial charge >= 0.3 is 6.09 Å². The highest BCUT2D eigenvalue weighted by atomic mass is 32.2. The van der Waals surface area contributed by atoms with Crippen LogP contribution in [0.3, 0.4) is 0 Å². The molecule has 2 unspecified atom stereocenters. The van der Waals surface area contributed by atoms with E-state index in [2.05, 4.69) is 27.0 Å². The number of nitrogens with one attached hydrogen (secondary N) is 3. The predicted octanol–water partition coefficient (Wildman–Crippen LogP) is 3.08. The second-order valence-electron chi connectivity index (χ2n) is 15.1. The molecule has 1 saturated heterocycles. The van der Waals surface area contributed by atoms with Crippen LogP contribution in [0.1, 0.15) is 52.0 Å². The van der Waals surface area contributed by atoms with Gasteiger partial charge in [0.15, 0.2) is 0 Å². The molecule has 3 N–H and O–H groups in total. The Hall–Kier alpha value is -5.03. The molecule has 3 fully saturated rings.